The van der Waals surface area contributed by atoms with Crippen molar-refractivity contribution < 1.29 is 0 Å². The topological polar surface area (TPSA) is 18.5 Å². The van der Waals surface area contributed by atoms with Gasteiger partial charge in [-0.25, -0.2) is 0 Å². The molecule has 7 rings (SSSR count). The molecule has 0 atom stereocenters. The Morgan fingerprint density at radius 3 is 1.77 bits per heavy atom. The maximum absolute atomic E-state index is 3.85. The van der Waals surface area contributed by atoms with Gasteiger partial charge in [0.25, 0.3) is 0 Å². The minimum absolute atomic E-state index is 0.0478. The van der Waals surface area contributed by atoms with Crippen molar-refractivity contribution in [3.05, 3.63) is 103 Å². The number of nitrogens with zero attached hydrogens (tertiary/aromatic N) is 2. The number of para-hydroxylation sites is 1. The molecule has 2 aliphatic heterocycles. The number of hydrogen-bond donors (Lipinski definition) is 1. The fourth-order valence-electron chi connectivity index (χ4n) is 5.12. The summed E-state index contributed by atoms with van der Waals surface area (Å²) in [5.74, 6) is 0. The summed E-state index contributed by atoms with van der Waals surface area (Å²) in [5.41, 5.74) is 6.07. The van der Waals surface area contributed by atoms with E-state index in [9.17, 15) is 0 Å². The standard InChI is InChI=1S/C26H18BN3/c1-2-12-20(13-3-1)29-23-16-6-10-19-11-7-17-24(26(19)23)30-22-15-5-9-18-8-4-14-21(25(18)22)28-27(29)30/h1-17,28H. The molecule has 2 heterocycles. The zero-order chi connectivity index (χ0) is 19.7. The minimum Gasteiger partial charge on any atom is -0.388 e. The van der Waals surface area contributed by atoms with E-state index in [1.54, 1.807) is 0 Å². The van der Waals surface area contributed by atoms with Crippen LogP contribution in [0.5, 0.6) is 0 Å². The summed E-state index contributed by atoms with van der Waals surface area (Å²) in [6.07, 6.45) is 0. The predicted octanol–water partition coefficient (Wildman–Crippen LogP) is 6.69. The van der Waals surface area contributed by atoms with Crippen LogP contribution in [0.1, 0.15) is 0 Å². The Bertz CT molecular complexity index is 1440. The van der Waals surface area contributed by atoms with E-state index in [-0.39, 0.29) is 7.12 Å². The highest BCUT2D eigenvalue weighted by molar-refractivity contribution is 6.76. The van der Waals surface area contributed by atoms with Gasteiger partial charge in [0.1, 0.15) is 0 Å². The van der Waals surface area contributed by atoms with Gasteiger partial charge in [-0.15, -0.1) is 0 Å². The van der Waals surface area contributed by atoms with Crippen LogP contribution in [0.3, 0.4) is 0 Å². The molecule has 3 nitrogen and oxygen atoms in total. The molecule has 0 fully saturated rings. The molecule has 5 aromatic rings. The van der Waals surface area contributed by atoms with Crippen LogP contribution < -0.4 is 14.8 Å². The van der Waals surface area contributed by atoms with E-state index < -0.39 is 0 Å². The van der Waals surface area contributed by atoms with Gasteiger partial charge in [0, 0.05) is 39.2 Å². The van der Waals surface area contributed by atoms with Crippen molar-refractivity contribution >= 4 is 57.1 Å². The van der Waals surface area contributed by atoms with Crippen molar-refractivity contribution in [1.29, 1.82) is 0 Å². The monoisotopic (exact) mass is 383 g/mol. The highest BCUT2D eigenvalue weighted by Crippen LogP contribution is 2.50. The Kier molecular flexibility index (Phi) is 3.08. The van der Waals surface area contributed by atoms with Crippen molar-refractivity contribution in [2.24, 2.45) is 0 Å². The quantitative estimate of drug-likeness (QED) is 0.325. The third-order valence-electron chi connectivity index (χ3n) is 6.33. The predicted molar refractivity (Wildman–Crippen MR) is 128 cm³/mol. The Morgan fingerprint density at radius 2 is 1.07 bits per heavy atom. The summed E-state index contributed by atoms with van der Waals surface area (Å²) in [5, 5.41) is 8.93. The largest absolute Gasteiger partial charge is 0.511 e. The summed E-state index contributed by atoms with van der Waals surface area (Å²) < 4.78 is 0. The first-order valence-electron chi connectivity index (χ1n) is 10.3. The third-order valence-corrected chi connectivity index (χ3v) is 6.33. The van der Waals surface area contributed by atoms with E-state index in [1.807, 2.05) is 0 Å². The fraction of sp³-hybridized carbons (Fsp3) is 0. The van der Waals surface area contributed by atoms with Crippen molar-refractivity contribution in [3.8, 4) is 0 Å². The summed E-state index contributed by atoms with van der Waals surface area (Å²) in [6, 6.07) is 37.0. The molecular weight excluding hydrogens is 365 g/mol. The molecule has 0 bridgehead atoms. The Balaban J connectivity index is 1.62. The smallest absolute Gasteiger partial charge is 0.388 e. The van der Waals surface area contributed by atoms with Crippen LogP contribution in [0, 0.1) is 0 Å². The molecule has 4 heteroatoms. The highest BCUT2D eigenvalue weighted by Gasteiger charge is 2.43. The lowest BCUT2D eigenvalue weighted by molar-refractivity contribution is 1.25. The minimum atomic E-state index is -0.0478. The normalized spacial score (nSPS) is 14.1. The van der Waals surface area contributed by atoms with E-state index >= 15 is 0 Å². The number of hydrogen-bond acceptors (Lipinski definition) is 3. The second-order valence-electron chi connectivity index (χ2n) is 7.93. The lowest BCUT2D eigenvalue weighted by Crippen LogP contribution is -2.58. The number of fused-ring (bicyclic) bond motifs is 3. The fourth-order valence-corrected chi connectivity index (χ4v) is 5.12. The Morgan fingerprint density at radius 1 is 0.500 bits per heavy atom. The van der Waals surface area contributed by atoms with Gasteiger partial charge in [-0.3, -0.25) is 0 Å². The van der Waals surface area contributed by atoms with Crippen molar-refractivity contribution in [1.82, 2.24) is 0 Å². The average molecular weight is 383 g/mol. The molecule has 140 valence electrons. The van der Waals surface area contributed by atoms with Crippen molar-refractivity contribution in [2.45, 2.75) is 0 Å². The van der Waals surface area contributed by atoms with Crippen LogP contribution in [0.15, 0.2) is 103 Å². The maximum atomic E-state index is 3.85. The number of rotatable bonds is 1. The molecule has 2 aliphatic rings. The van der Waals surface area contributed by atoms with Gasteiger partial charge in [-0.05, 0) is 47.2 Å². The highest BCUT2D eigenvalue weighted by atomic mass is 15.3. The summed E-state index contributed by atoms with van der Waals surface area (Å²) >= 11 is 0. The van der Waals surface area contributed by atoms with E-state index in [1.165, 1.54) is 50.0 Å². The van der Waals surface area contributed by atoms with E-state index in [2.05, 4.69) is 118 Å². The molecule has 0 aliphatic carbocycles. The van der Waals surface area contributed by atoms with Gasteiger partial charge in [0.15, 0.2) is 0 Å². The average Bonchev–Trinajstić information content (AvgIpc) is 2.80. The molecule has 0 spiro atoms. The van der Waals surface area contributed by atoms with Gasteiger partial charge < -0.3 is 14.8 Å². The molecule has 1 N–H and O–H groups in total. The van der Waals surface area contributed by atoms with Crippen LogP contribution in [-0.4, -0.2) is 7.12 Å². The Hall–Kier alpha value is -3.92. The molecule has 0 saturated heterocycles. The Labute approximate surface area is 175 Å². The van der Waals surface area contributed by atoms with Crippen LogP contribution in [-0.2, 0) is 0 Å². The third kappa shape index (κ3) is 2.00. The molecule has 0 unspecified atom stereocenters. The molecule has 0 radical (unpaired) electrons. The van der Waals surface area contributed by atoms with Gasteiger partial charge in [0.05, 0.1) is 0 Å². The van der Waals surface area contributed by atoms with Gasteiger partial charge in [0.2, 0.25) is 0 Å². The van der Waals surface area contributed by atoms with Crippen LogP contribution >= 0.6 is 0 Å². The molecular formula is C26H18BN3. The first kappa shape index (κ1) is 15.9. The molecule has 0 saturated carbocycles. The van der Waals surface area contributed by atoms with Gasteiger partial charge >= 0.3 is 7.12 Å². The molecule has 0 aromatic heterocycles. The summed E-state index contributed by atoms with van der Waals surface area (Å²) in [7, 11) is -0.0478. The van der Waals surface area contributed by atoms with Gasteiger partial charge in [-0.2, -0.15) is 0 Å². The molecule has 0 amide bonds. The lowest BCUT2D eigenvalue weighted by Gasteiger charge is -2.46. The lowest BCUT2D eigenvalue weighted by atomic mass is 9.75. The zero-order valence-corrected chi connectivity index (χ0v) is 16.3. The van der Waals surface area contributed by atoms with Gasteiger partial charge in [-0.1, -0.05) is 66.7 Å². The summed E-state index contributed by atoms with van der Waals surface area (Å²) in [4.78, 5) is 4.88. The second-order valence-corrected chi connectivity index (χ2v) is 7.93. The zero-order valence-electron chi connectivity index (χ0n) is 16.3. The van der Waals surface area contributed by atoms with E-state index in [4.69, 9.17) is 0 Å². The first-order valence-corrected chi connectivity index (χ1v) is 10.3. The van der Waals surface area contributed by atoms with E-state index in [0.717, 1.165) is 0 Å². The summed E-state index contributed by atoms with van der Waals surface area (Å²) in [6.45, 7) is 0. The molecule has 5 aromatic carbocycles. The van der Waals surface area contributed by atoms with Crippen LogP contribution in [0.2, 0.25) is 0 Å². The SMILES string of the molecule is c1ccc(N2B3Nc4cccc5cccc(c45)N3c3cccc4cccc2c34)cc1. The number of benzene rings is 5. The van der Waals surface area contributed by atoms with Crippen LogP contribution in [0.4, 0.5) is 28.4 Å². The van der Waals surface area contributed by atoms with Crippen LogP contribution in [0.25, 0.3) is 21.5 Å². The van der Waals surface area contributed by atoms with E-state index in [0.29, 0.717) is 0 Å². The van der Waals surface area contributed by atoms with Crippen molar-refractivity contribution in [3.63, 3.8) is 0 Å². The number of anilines is 5. The van der Waals surface area contributed by atoms with Crippen molar-refractivity contribution in [2.75, 3.05) is 14.8 Å². The number of nitrogens with one attached hydrogen (secondary N) is 1. The molecule has 30 heavy (non-hydrogen) atoms. The maximum Gasteiger partial charge on any atom is 0.511 e. The first-order chi connectivity index (χ1) is 14.9. The second kappa shape index (κ2) is 5.80.